The van der Waals surface area contributed by atoms with Crippen LogP contribution >= 0.6 is 0 Å². The van der Waals surface area contributed by atoms with Gasteiger partial charge >= 0.3 is 0 Å². The first-order valence-electron chi connectivity index (χ1n) is 11.4. The molecule has 0 unspecified atom stereocenters. The zero-order valence-corrected chi connectivity index (χ0v) is 20.9. The van der Waals surface area contributed by atoms with Crippen molar-refractivity contribution >= 4 is 17.5 Å². The van der Waals surface area contributed by atoms with Crippen molar-refractivity contribution in [2.45, 2.75) is 39.2 Å². The number of likely N-dealkylation sites (N-methyl/N-ethyl adjacent to an activating group) is 2. The number of phenolic OH excluding ortho intramolecular Hbond substituents is 1. The van der Waals surface area contributed by atoms with E-state index in [2.05, 4.69) is 0 Å². The monoisotopic (exact) mass is 467 g/mol. The largest absolute Gasteiger partial charge is 0.507 e. The Kier molecular flexibility index (Phi) is 7.46. The second-order valence-electron chi connectivity index (χ2n) is 10.1. The van der Waals surface area contributed by atoms with E-state index < -0.39 is 11.2 Å². The fraction of sp³-hybridized carbons (Fsp3) is 0.407. The second-order valence-corrected chi connectivity index (χ2v) is 10.1. The van der Waals surface area contributed by atoms with Crippen molar-refractivity contribution in [1.29, 1.82) is 0 Å². The van der Waals surface area contributed by atoms with E-state index in [9.17, 15) is 19.1 Å². The minimum atomic E-state index is -0.525. The van der Waals surface area contributed by atoms with Crippen molar-refractivity contribution in [2.75, 3.05) is 39.1 Å². The van der Waals surface area contributed by atoms with Crippen LogP contribution in [0, 0.1) is 5.82 Å². The van der Waals surface area contributed by atoms with Gasteiger partial charge in [0.05, 0.1) is 5.56 Å². The summed E-state index contributed by atoms with van der Waals surface area (Å²) in [5.41, 5.74) is 2.79. The third kappa shape index (κ3) is 5.65. The number of amides is 2. The van der Waals surface area contributed by atoms with Crippen molar-refractivity contribution in [3.8, 4) is 5.75 Å². The molecule has 0 fully saturated rings. The number of nitrogens with zero attached hydrogens (tertiary/aromatic N) is 3. The average Bonchev–Trinajstić information content (AvgIpc) is 2.76. The van der Waals surface area contributed by atoms with Crippen LogP contribution in [-0.2, 0) is 23.2 Å². The van der Waals surface area contributed by atoms with Crippen LogP contribution in [0.2, 0.25) is 0 Å². The molecule has 0 aliphatic carbocycles. The summed E-state index contributed by atoms with van der Waals surface area (Å²) >= 11 is 0. The lowest BCUT2D eigenvalue weighted by atomic mass is 9.85. The highest BCUT2D eigenvalue weighted by Crippen LogP contribution is 2.32. The van der Waals surface area contributed by atoms with Gasteiger partial charge in [-0.15, -0.1) is 0 Å². The van der Waals surface area contributed by atoms with E-state index in [0.29, 0.717) is 31.6 Å². The number of hydrogen-bond donors (Lipinski definition) is 1. The maximum absolute atomic E-state index is 14.4. The van der Waals surface area contributed by atoms with Crippen LogP contribution in [-0.4, -0.2) is 61.0 Å². The van der Waals surface area contributed by atoms with Gasteiger partial charge < -0.3 is 19.8 Å². The number of rotatable bonds is 5. The van der Waals surface area contributed by atoms with Crippen LogP contribution in [0.25, 0.3) is 0 Å². The third-order valence-corrected chi connectivity index (χ3v) is 6.06. The Balaban J connectivity index is 1.82. The number of anilines is 1. The number of fused-ring (bicyclic) bond motifs is 1. The summed E-state index contributed by atoms with van der Waals surface area (Å²) in [6, 6.07) is 8.32. The summed E-state index contributed by atoms with van der Waals surface area (Å²) in [5, 5.41) is 10.3. The molecular weight excluding hydrogens is 433 g/mol. The molecule has 34 heavy (non-hydrogen) atoms. The van der Waals surface area contributed by atoms with Crippen molar-refractivity contribution in [1.82, 2.24) is 9.80 Å². The molecule has 1 N–H and O–H groups in total. The summed E-state index contributed by atoms with van der Waals surface area (Å²) in [5.74, 6) is -1.35. The van der Waals surface area contributed by atoms with Crippen LogP contribution in [0.1, 0.15) is 47.8 Å². The van der Waals surface area contributed by atoms with Gasteiger partial charge in [0.15, 0.2) is 0 Å². The van der Waals surface area contributed by atoms with E-state index in [-0.39, 0.29) is 23.1 Å². The number of carbonyl (C=O) groups excluding carboxylic acids is 2. The van der Waals surface area contributed by atoms with Gasteiger partial charge in [-0.25, -0.2) is 4.39 Å². The quantitative estimate of drug-likeness (QED) is 0.673. The van der Waals surface area contributed by atoms with Crippen LogP contribution < -0.4 is 4.90 Å². The molecule has 0 spiro atoms. The van der Waals surface area contributed by atoms with E-state index in [1.165, 1.54) is 6.07 Å². The molecule has 0 bridgehead atoms. The summed E-state index contributed by atoms with van der Waals surface area (Å²) < 4.78 is 14.4. The predicted octanol–water partition coefficient (Wildman–Crippen LogP) is 4.11. The molecule has 2 aromatic carbocycles. The number of hydrogen-bond acceptors (Lipinski definition) is 4. The molecule has 7 heteroatoms. The third-order valence-electron chi connectivity index (χ3n) is 6.06. The maximum atomic E-state index is 14.4. The molecule has 0 saturated carbocycles. The Morgan fingerprint density at radius 1 is 1.12 bits per heavy atom. The summed E-state index contributed by atoms with van der Waals surface area (Å²) in [7, 11) is 5.59. The predicted molar refractivity (Wildman–Crippen MR) is 133 cm³/mol. The summed E-state index contributed by atoms with van der Waals surface area (Å²) in [6.07, 6.45) is 4.04. The van der Waals surface area contributed by atoms with Gasteiger partial charge in [0, 0.05) is 44.5 Å². The lowest BCUT2D eigenvalue weighted by molar-refractivity contribution is -0.113. The first-order chi connectivity index (χ1) is 15.9. The van der Waals surface area contributed by atoms with Crippen molar-refractivity contribution in [2.24, 2.45) is 0 Å². The first-order valence-corrected chi connectivity index (χ1v) is 11.4. The zero-order valence-electron chi connectivity index (χ0n) is 20.9. The summed E-state index contributed by atoms with van der Waals surface area (Å²) in [4.78, 5) is 31.0. The van der Waals surface area contributed by atoms with E-state index in [1.54, 1.807) is 22.9 Å². The molecule has 0 saturated heterocycles. The van der Waals surface area contributed by atoms with Crippen LogP contribution in [0.4, 0.5) is 10.1 Å². The van der Waals surface area contributed by atoms with Crippen molar-refractivity contribution < 1.29 is 19.1 Å². The second kappa shape index (κ2) is 9.97. The molecule has 2 aromatic rings. The first kappa shape index (κ1) is 25.4. The lowest BCUT2D eigenvalue weighted by Crippen LogP contribution is -2.36. The van der Waals surface area contributed by atoms with Crippen molar-refractivity contribution in [3.63, 3.8) is 0 Å². The molecule has 3 rings (SSSR count). The Morgan fingerprint density at radius 2 is 1.82 bits per heavy atom. The smallest absolute Gasteiger partial charge is 0.257 e. The highest BCUT2D eigenvalue weighted by Gasteiger charge is 2.28. The fourth-order valence-corrected chi connectivity index (χ4v) is 4.01. The molecule has 182 valence electrons. The number of halogens is 1. The normalized spacial score (nSPS) is 13.9. The van der Waals surface area contributed by atoms with Gasteiger partial charge in [-0.05, 0) is 60.8 Å². The number of aromatic hydroxyl groups is 1. The van der Waals surface area contributed by atoms with E-state index >= 15 is 0 Å². The lowest BCUT2D eigenvalue weighted by Gasteiger charge is -2.30. The Bertz CT molecular complexity index is 1120. The minimum Gasteiger partial charge on any atom is -0.507 e. The topological polar surface area (TPSA) is 64.1 Å². The minimum absolute atomic E-state index is 0.101. The van der Waals surface area contributed by atoms with E-state index in [4.69, 9.17) is 0 Å². The molecule has 2 amide bonds. The van der Waals surface area contributed by atoms with Gasteiger partial charge in [-0.3, -0.25) is 9.59 Å². The molecule has 1 aliphatic heterocycles. The number of benzene rings is 2. The van der Waals surface area contributed by atoms with Gasteiger partial charge in [0.2, 0.25) is 5.91 Å². The van der Waals surface area contributed by atoms with Gasteiger partial charge in [-0.1, -0.05) is 32.9 Å². The molecule has 1 aliphatic rings. The highest BCUT2D eigenvalue weighted by atomic mass is 19.1. The van der Waals surface area contributed by atoms with Crippen LogP contribution in [0.5, 0.6) is 5.75 Å². The zero-order chi connectivity index (χ0) is 25.2. The Hall–Kier alpha value is -3.19. The van der Waals surface area contributed by atoms with Gasteiger partial charge in [0.1, 0.15) is 11.6 Å². The molecule has 0 atom stereocenters. The van der Waals surface area contributed by atoms with Gasteiger partial charge in [0.25, 0.3) is 5.91 Å². The van der Waals surface area contributed by atoms with Crippen molar-refractivity contribution in [3.05, 3.63) is 70.6 Å². The van der Waals surface area contributed by atoms with E-state index in [1.807, 2.05) is 64.0 Å². The number of carbonyl (C=O) groups is 2. The molecule has 0 radical (unpaired) electrons. The standard InChI is InChI=1S/C27H34FN3O3/c1-27(2,3)22-15-21(24(32)16-23(22)28)26(34)31-13-11-18-9-10-20(14-19(18)17-31)30(6)25(33)8-7-12-29(4)5/h7-10,14-16,32H,11-13,17H2,1-6H3/b8-7+. The molecule has 0 aromatic heterocycles. The Morgan fingerprint density at radius 3 is 2.47 bits per heavy atom. The SMILES string of the molecule is CN(C)C/C=C/C(=O)N(C)c1ccc2c(c1)CN(C(=O)c1cc(C(C)(C)C)c(F)cc1O)CC2. The van der Waals surface area contributed by atoms with E-state index in [0.717, 1.165) is 22.9 Å². The maximum Gasteiger partial charge on any atom is 0.257 e. The fourth-order valence-electron chi connectivity index (χ4n) is 4.01. The molecular formula is C27H34FN3O3. The van der Waals surface area contributed by atoms with Crippen LogP contribution in [0.15, 0.2) is 42.5 Å². The average molecular weight is 468 g/mol. The molecule has 1 heterocycles. The Labute approximate surface area is 201 Å². The highest BCUT2D eigenvalue weighted by molar-refractivity contribution is 6.01. The molecule has 6 nitrogen and oxygen atoms in total. The van der Waals surface area contributed by atoms with Crippen LogP contribution in [0.3, 0.4) is 0 Å². The number of phenols is 1. The summed E-state index contributed by atoms with van der Waals surface area (Å²) in [6.45, 7) is 7.11. The van der Waals surface area contributed by atoms with Gasteiger partial charge in [-0.2, -0.15) is 0 Å².